The summed E-state index contributed by atoms with van der Waals surface area (Å²) in [6, 6.07) is 5.52. The Morgan fingerprint density at radius 2 is 2.00 bits per heavy atom. The lowest BCUT2D eigenvalue weighted by Crippen LogP contribution is -2.11. The molecule has 1 N–H and O–H groups in total. The summed E-state index contributed by atoms with van der Waals surface area (Å²) >= 11 is 2.75. The van der Waals surface area contributed by atoms with Crippen LogP contribution >= 0.6 is 22.7 Å². The predicted octanol–water partition coefficient (Wildman–Crippen LogP) is 3.54. The number of aromatic nitrogens is 2. The Morgan fingerprint density at radius 1 is 1.17 bits per heavy atom. The van der Waals surface area contributed by atoms with Crippen molar-refractivity contribution in [1.29, 1.82) is 0 Å². The fraction of sp³-hybridized carbons (Fsp3) is 0.133. The molecular formula is C15H13N3O3S2. The van der Waals surface area contributed by atoms with Gasteiger partial charge >= 0.3 is 0 Å². The molecule has 1 amide bonds. The second-order valence-electron chi connectivity index (χ2n) is 4.40. The third-order valence-electron chi connectivity index (χ3n) is 3.02. The number of hydrogen-bond donors (Lipinski definition) is 1. The summed E-state index contributed by atoms with van der Waals surface area (Å²) < 4.78 is 10.5. The number of benzene rings is 1. The van der Waals surface area contributed by atoms with Crippen LogP contribution in [0.2, 0.25) is 0 Å². The Morgan fingerprint density at radius 3 is 2.70 bits per heavy atom. The lowest BCUT2D eigenvalue weighted by molar-refractivity contribution is 0.102. The largest absolute Gasteiger partial charge is 0.493 e. The maximum atomic E-state index is 12.1. The summed E-state index contributed by atoms with van der Waals surface area (Å²) in [7, 11) is 3.17. The average Bonchev–Trinajstić information content (AvgIpc) is 3.25. The number of nitrogens with zero attached hydrogens (tertiary/aromatic N) is 2. The summed E-state index contributed by atoms with van der Waals surface area (Å²) in [4.78, 5) is 20.5. The number of ether oxygens (including phenoxy) is 2. The summed E-state index contributed by atoms with van der Waals surface area (Å²) in [5.74, 6) is 0.992. The predicted molar refractivity (Wildman–Crippen MR) is 90.7 cm³/mol. The molecular weight excluding hydrogens is 334 g/mol. The number of carbonyl (C=O) groups excluding carboxylic acids is 1. The maximum Gasteiger partial charge on any atom is 0.276 e. The van der Waals surface area contributed by atoms with Crippen molar-refractivity contribution in [3.05, 3.63) is 40.8 Å². The SMILES string of the molecule is COc1ccc(-c2nc(C(=O)Nc3nccs3)cs2)cc1OC. The van der Waals surface area contributed by atoms with Gasteiger partial charge < -0.3 is 9.47 Å². The third-order valence-corrected chi connectivity index (χ3v) is 4.60. The van der Waals surface area contributed by atoms with Gasteiger partial charge in [0.25, 0.3) is 5.91 Å². The first kappa shape index (κ1) is 15.4. The Balaban J connectivity index is 1.82. The second kappa shape index (κ2) is 6.76. The number of thiazole rings is 2. The molecule has 0 radical (unpaired) electrons. The molecule has 2 aromatic heterocycles. The van der Waals surface area contributed by atoms with Crippen molar-refractivity contribution in [1.82, 2.24) is 9.97 Å². The molecule has 6 nitrogen and oxygen atoms in total. The fourth-order valence-electron chi connectivity index (χ4n) is 1.93. The molecule has 0 saturated heterocycles. The van der Waals surface area contributed by atoms with E-state index in [-0.39, 0.29) is 5.91 Å². The highest BCUT2D eigenvalue weighted by Crippen LogP contribution is 2.33. The minimum Gasteiger partial charge on any atom is -0.493 e. The van der Waals surface area contributed by atoms with Gasteiger partial charge in [0.1, 0.15) is 10.7 Å². The molecule has 0 fully saturated rings. The van der Waals surface area contributed by atoms with E-state index in [1.807, 2.05) is 18.2 Å². The van der Waals surface area contributed by atoms with E-state index >= 15 is 0 Å². The zero-order valence-corrected chi connectivity index (χ0v) is 14.0. The van der Waals surface area contributed by atoms with E-state index in [0.717, 1.165) is 10.6 Å². The van der Waals surface area contributed by atoms with Gasteiger partial charge in [0.2, 0.25) is 0 Å². The van der Waals surface area contributed by atoms with E-state index in [4.69, 9.17) is 9.47 Å². The number of amides is 1. The summed E-state index contributed by atoms with van der Waals surface area (Å²) in [6.07, 6.45) is 1.64. The highest BCUT2D eigenvalue weighted by atomic mass is 32.1. The molecule has 2 heterocycles. The first-order valence-electron chi connectivity index (χ1n) is 6.60. The number of nitrogens with one attached hydrogen (secondary N) is 1. The monoisotopic (exact) mass is 347 g/mol. The summed E-state index contributed by atoms with van der Waals surface area (Å²) in [5, 5.41) is 7.51. The van der Waals surface area contributed by atoms with Crippen LogP contribution < -0.4 is 14.8 Å². The highest BCUT2D eigenvalue weighted by Gasteiger charge is 2.14. The van der Waals surface area contributed by atoms with Crippen LogP contribution in [-0.2, 0) is 0 Å². The van der Waals surface area contributed by atoms with E-state index in [0.29, 0.717) is 22.3 Å². The molecule has 1 aromatic carbocycles. The zero-order valence-electron chi connectivity index (χ0n) is 12.4. The van der Waals surface area contributed by atoms with Gasteiger partial charge in [-0.25, -0.2) is 9.97 Å². The van der Waals surface area contributed by atoms with E-state index in [9.17, 15) is 4.79 Å². The minimum absolute atomic E-state index is 0.275. The number of hydrogen-bond acceptors (Lipinski definition) is 7. The number of carbonyl (C=O) groups is 1. The van der Waals surface area contributed by atoms with Crippen LogP contribution in [-0.4, -0.2) is 30.1 Å². The van der Waals surface area contributed by atoms with Crippen LogP contribution in [0.1, 0.15) is 10.5 Å². The molecule has 0 bridgehead atoms. The van der Waals surface area contributed by atoms with E-state index in [1.165, 1.54) is 22.7 Å². The third kappa shape index (κ3) is 3.33. The van der Waals surface area contributed by atoms with Crippen molar-refractivity contribution in [2.75, 3.05) is 19.5 Å². The Labute approximate surface area is 140 Å². The van der Waals surface area contributed by atoms with Crippen LogP contribution in [0.25, 0.3) is 10.6 Å². The first-order valence-corrected chi connectivity index (χ1v) is 8.36. The lowest BCUT2D eigenvalue weighted by atomic mass is 10.2. The standard InChI is InChI=1S/C15H13N3O3S2/c1-20-11-4-3-9(7-12(11)21-2)14-17-10(8-23-14)13(19)18-15-16-5-6-22-15/h3-8H,1-2H3,(H,16,18,19). The van der Waals surface area contributed by atoms with E-state index in [2.05, 4.69) is 15.3 Å². The molecule has 0 saturated carbocycles. The maximum absolute atomic E-state index is 12.1. The quantitative estimate of drug-likeness (QED) is 0.764. The van der Waals surface area contributed by atoms with Crippen LogP contribution in [0.3, 0.4) is 0 Å². The lowest BCUT2D eigenvalue weighted by Gasteiger charge is -2.08. The van der Waals surface area contributed by atoms with Gasteiger partial charge in [-0.2, -0.15) is 0 Å². The molecule has 3 aromatic rings. The van der Waals surface area contributed by atoms with Crippen molar-refractivity contribution in [2.24, 2.45) is 0 Å². The number of anilines is 1. The smallest absolute Gasteiger partial charge is 0.276 e. The van der Waals surface area contributed by atoms with E-state index < -0.39 is 0 Å². The average molecular weight is 347 g/mol. The van der Waals surface area contributed by atoms with E-state index in [1.54, 1.807) is 31.2 Å². The van der Waals surface area contributed by atoms with Gasteiger partial charge in [0, 0.05) is 22.5 Å². The number of rotatable bonds is 5. The zero-order chi connectivity index (χ0) is 16.2. The van der Waals surface area contributed by atoms with Crippen molar-refractivity contribution < 1.29 is 14.3 Å². The number of methoxy groups -OCH3 is 2. The van der Waals surface area contributed by atoms with Crippen LogP contribution in [0.15, 0.2) is 35.2 Å². The first-order chi connectivity index (χ1) is 11.2. The molecule has 0 aliphatic rings. The highest BCUT2D eigenvalue weighted by molar-refractivity contribution is 7.14. The van der Waals surface area contributed by atoms with Crippen molar-refractivity contribution in [3.8, 4) is 22.1 Å². The van der Waals surface area contributed by atoms with Gasteiger partial charge in [0.15, 0.2) is 16.6 Å². The molecule has 0 atom stereocenters. The minimum atomic E-state index is -0.275. The second-order valence-corrected chi connectivity index (χ2v) is 6.15. The van der Waals surface area contributed by atoms with Crippen LogP contribution in [0.4, 0.5) is 5.13 Å². The Hall–Kier alpha value is -2.45. The molecule has 0 unspecified atom stereocenters. The molecule has 0 aliphatic carbocycles. The molecule has 3 rings (SSSR count). The summed E-state index contributed by atoms with van der Waals surface area (Å²) in [6.45, 7) is 0. The van der Waals surface area contributed by atoms with Gasteiger partial charge in [0.05, 0.1) is 14.2 Å². The topological polar surface area (TPSA) is 73.3 Å². The summed E-state index contributed by atoms with van der Waals surface area (Å²) in [5.41, 5.74) is 1.22. The van der Waals surface area contributed by atoms with Crippen molar-refractivity contribution >= 4 is 33.7 Å². The molecule has 118 valence electrons. The van der Waals surface area contributed by atoms with Gasteiger partial charge in [-0.1, -0.05) is 0 Å². The van der Waals surface area contributed by atoms with Gasteiger partial charge in [-0.05, 0) is 18.2 Å². The van der Waals surface area contributed by atoms with Crippen LogP contribution in [0, 0.1) is 0 Å². The Kier molecular flexibility index (Phi) is 4.54. The molecule has 23 heavy (non-hydrogen) atoms. The van der Waals surface area contributed by atoms with Crippen molar-refractivity contribution in [2.45, 2.75) is 0 Å². The van der Waals surface area contributed by atoms with Crippen molar-refractivity contribution in [3.63, 3.8) is 0 Å². The van der Waals surface area contributed by atoms with Crippen LogP contribution in [0.5, 0.6) is 11.5 Å². The fourth-order valence-corrected chi connectivity index (χ4v) is 3.25. The van der Waals surface area contributed by atoms with Gasteiger partial charge in [-0.15, -0.1) is 22.7 Å². The normalized spacial score (nSPS) is 10.3. The molecule has 8 heteroatoms. The Bertz CT molecular complexity index is 815. The van der Waals surface area contributed by atoms with Gasteiger partial charge in [-0.3, -0.25) is 10.1 Å². The molecule has 0 spiro atoms. The molecule has 0 aliphatic heterocycles.